The lowest BCUT2D eigenvalue weighted by molar-refractivity contribution is 0.0896. The topological polar surface area (TPSA) is 77.5 Å². The molecule has 18 heavy (non-hydrogen) atoms. The Morgan fingerprint density at radius 2 is 2.33 bits per heavy atom. The van der Waals surface area contributed by atoms with E-state index in [4.69, 9.17) is 14.9 Å². The zero-order valence-electron chi connectivity index (χ0n) is 10.3. The van der Waals surface area contributed by atoms with Gasteiger partial charge in [-0.05, 0) is 30.9 Å². The molecule has 1 saturated carbocycles. The minimum Gasteiger partial charge on any atom is -0.453 e. The number of hydrogen-bond acceptors (Lipinski definition) is 4. The van der Waals surface area contributed by atoms with Crippen LogP contribution in [0.1, 0.15) is 29.2 Å². The molecule has 0 aromatic carbocycles. The lowest BCUT2D eigenvalue weighted by Crippen LogP contribution is -2.41. The smallest absolute Gasteiger partial charge is 0.287 e. The fourth-order valence-corrected chi connectivity index (χ4v) is 1.83. The molecule has 6 heteroatoms. The zero-order valence-corrected chi connectivity index (χ0v) is 11.2. The molecule has 0 spiro atoms. The highest BCUT2D eigenvalue weighted by Crippen LogP contribution is 2.32. The van der Waals surface area contributed by atoms with Gasteiger partial charge in [-0.15, -0.1) is 12.4 Å². The van der Waals surface area contributed by atoms with Crippen LogP contribution in [0.4, 0.5) is 0 Å². The van der Waals surface area contributed by atoms with Crippen molar-refractivity contribution in [2.45, 2.75) is 25.5 Å². The van der Waals surface area contributed by atoms with Gasteiger partial charge in [0.25, 0.3) is 5.91 Å². The number of carbonyl (C=O) groups is 1. The van der Waals surface area contributed by atoms with Crippen molar-refractivity contribution in [2.75, 3.05) is 13.7 Å². The SMILES string of the molecule is COCc1ccc(C(=O)NC(CN)C2CC2)o1.Cl. The molecule has 1 aromatic rings. The summed E-state index contributed by atoms with van der Waals surface area (Å²) in [6.07, 6.45) is 2.30. The number of hydrogen-bond donors (Lipinski definition) is 2. The summed E-state index contributed by atoms with van der Waals surface area (Å²) in [4.78, 5) is 11.9. The second kappa shape index (κ2) is 6.78. The van der Waals surface area contributed by atoms with Crippen molar-refractivity contribution in [3.63, 3.8) is 0 Å². The fraction of sp³-hybridized carbons (Fsp3) is 0.583. The minimum absolute atomic E-state index is 0. The monoisotopic (exact) mass is 274 g/mol. The van der Waals surface area contributed by atoms with Crippen molar-refractivity contribution in [2.24, 2.45) is 11.7 Å². The average molecular weight is 275 g/mol. The Morgan fingerprint density at radius 3 is 2.89 bits per heavy atom. The van der Waals surface area contributed by atoms with Crippen molar-refractivity contribution in [1.29, 1.82) is 0 Å². The van der Waals surface area contributed by atoms with Gasteiger partial charge in [0.05, 0.1) is 0 Å². The van der Waals surface area contributed by atoms with E-state index in [1.807, 2.05) is 0 Å². The van der Waals surface area contributed by atoms with Gasteiger partial charge in [-0.1, -0.05) is 0 Å². The summed E-state index contributed by atoms with van der Waals surface area (Å²) >= 11 is 0. The van der Waals surface area contributed by atoms with Crippen LogP contribution in [0.15, 0.2) is 16.5 Å². The maximum Gasteiger partial charge on any atom is 0.287 e. The zero-order chi connectivity index (χ0) is 12.3. The molecule has 3 N–H and O–H groups in total. The van der Waals surface area contributed by atoms with Gasteiger partial charge in [0.15, 0.2) is 5.76 Å². The van der Waals surface area contributed by atoms with Crippen molar-refractivity contribution in [1.82, 2.24) is 5.32 Å². The lowest BCUT2D eigenvalue weighted by Gasteiger charge is -2.14. The molecule has 102 valence electrons. The summed E-state index contributed by atoms with van der Waals surface area (Å²) in [7, 11) is 1.58. The Kier molecular flexibility index (Phi) is 5.65. The quantitative estimate of drug-likeness (QED) is 0.820. The summed E-state index contributed by atoms with van der Waals surface area (Å²) in [6, 6.07) is 3.47. The van der Waals surface area contributed by atoms with Crippen LogP contribution in [-0.2, 0) is 11.3 Å². The van der Waals surface area contributed by atoms with Gasteiger partial charge in [0.1, 0.15) is 12.4 Å². The summed E-state index contributed by atoms with van der Waals surface area (Å²) < 4.78 is 10.3. The third kappa shape index (κ3) is 3.73. The van der Waals surface area contributed by atoms with Crippen LogP contribution >= 0.6 is 12.4 Å². The normalized spacial score (nSPS) is 15.9. The van der Waals surface area contributed by atoms with Crippen molar-refractivity contribution < 1.29 is 13.9 Å². The molecule has 2 rings (SSSR count). The maximum atomic E-state index is 11.9. The highest BCUT2D eigenvalue weighted by Gasteiger charge is 2.31. The van der Waals surface area contributed by atoms with E-state index in [1.54, 1.807) is 19.2 Å². The first-order valence-electron chi connectivity index (χ1n) is 5.83. The summed E-state index contributed by atoms with van der Waals surface area (Å²) in [6.45, 7) is 0.846. The number of nitrogens with one attached hydrogen (secondary N) is 1. The third-order valence-electron chi connectivity index (χ3n) is 2.93. The van der Waals surface area contributed by atoms with Gasteiger partial charge in [-0.2, -0.15) is 0 Å². The second-order valence-electron chi connectivity index (χ2n) is 4.35. The van der Waals surface area contributed by atoms with Crippen LogP contribution in [0.25, 0.3) is 0 Å². The Morgan fingerprint density at radius 1 is 1.61 bits per heavy atom. The van der Waals surface area contributed by atoms with Gasteiger partial charge >= 0.3 is 0 Å². The lowest BCUT2D eigenvalue weighted by atomic mass is 10.2. The minimum atomic E-state index is -0.199. The number of amides is 1. The molecule has 0 radical (unpaired) electrons. The van der Waals surface area contributed by atoms with Gasteiger partial charge in [0, 0.05) is 19.7 Å². The van der Waals surface area contributed by atoms with Crippen molar-refractivity contribution in [3.05, 3.63) is 23.7 Å². The van der Waals surface area contributed by atoms with Crippen LogP contribution < -0.4 is 11.1 Å². The van der Waals surface area contributed by atoms with Gasteiger partial charge in [-0.3, -0.25) is 4.79 Å². The molecular weight excluding hydrogens is 256 g/mol. The van der Waals surface area contributed by atoms with Crippen LogP contribution in [0.3, 0.4) is 0 Å². The van der Waals surface area contributed by atoms with Gasteiger partial charge in [0.2, 0.25) is 0 Å². The number of ether oxygens (including phenoxy) is 1. The van der Waals surface area contributed by atoms with E-state index in [1.165, 1.54) is 0 Å². The molecule has 0 bridgehead atoms. The largest absolute Gasteiger partial charge is 0.453 e. The molecule has 1 amide bonds. The summed E-state index contributed by atoms with van der Waals surface area (Å²) in [5, 5.41) is 2.90. The number of furan rings is 1. The van der Waals surface area contributed by atoms with Gasteiger partial charge < -0.3 is 20.2 Å². The summed E-state index contributed by atoms with van der Waals surface area (Å²) in [5.74, 6) is 1.30. The molecule has 1 atom stereocenters. The maximum absolute atomic E-state index is 11.9. The van der Waals surface area contributed by atoms with Crippen LogP contribution in [-0.4, -0.2) is 25.6 Å². The average Bonchev–Trinajstić information content (AvgIpc) is 3.06. The third-order valence-corrected chi connectivity index (χ3v) is 2.93. The molecular formula is C12H19ClN2O3. The first-order valence-corrected chi connectivity index (χ1v) is 5.83. The van der Waals surface area contributed by atoms with E-state index >= 15 is 0 Å². The fourth-order valence-electron chi connectivity index (χ4n) is 1.83. The number of methoxy groups -OCH3 is 1. The van der Waals surface area contributed by atoms with E-state index in [-0.39, 0.29) is 24.4 Å². The Labute approximate surface area is 112 Å². The van der Waals surface area contributed by atoms with E-state index in [0.717, 1.165) is 12.8 Å². The first kappa shape index (κ1) is 15.0. The Bertz CT molecular complexity index is 390. The molecule has 1 aliphatic rings. The van der Waals surface area contributed by atoms with E-state index in [0.29, 0.717) is 30.6 Å². The summed E-state index contributed by atoms with van der Waals surface area (Å²) in [5.41, 5.74) is 5.63. The number of nitrogens with two attached hydrogens (primary N) is 1. The standard InChI is InChI=1S/C12H18N2O3.ClH/c1-16-7-9-4-5-11(17-9)12(15)14-10(6-13)8-2-3-8;/h4-5,8,10H,2-3,6-7,13H2,1H3,(H,14,15);1H. The van der Waals surface area contributed by atoms with E-state index in [2.05, 4.69) is 5.32 Å². The molecule has 1 aromatic heterocycles. The first-order chi connectivity index (χ1) is 8.24. The molecule has 0 saturated heterocycles. The molecule has 1 heterocycles. The van der Waals surface area contributed by atoms with Crippen LogP contribution in [0, 0.1) is 5.92 Å². The number of halogens is 1. The van der Waals surface area contributed by atoms with E-state index in [9.17, 15) is 4.79 Å². The van der Waals surface area contributed by atoms with E-state index < -0.39 is 0 Å². The Balaban J connectivity index is 0.00000162. The highest BCUT2D eigenvalue weighted by atomic mass is 35.5. The van der Waals surface area contributed by atoms with Crippen LogP contribution in [0.2, 0.25) is 0 Å². The molecule has 1 unspecified atom stereocenters. The van der Waals surface area contributed by atoms with Gasteiger partial charge in [-0.25, -0.2) is 0 Å². The molecule has 0 aliphatic heterocycles. The molecule has 5 nitrogen and oxygen atoms in total. The second-order valence-corrected chi connectivity index (χ2v) is 4.35. The Hall–Kier alpha value is -1.04. The molecule has 1 fully saturated rings. The van der Waals surface area contributed by atoms with Crippen LogP contribution in [0.5, 0.6) is 0 Å². The predicted octanol–water partition coefficient (Wildman–Crippen LogP) is 1.31. The highest BCUT2D eigenvalue weighted by molar-refractivity contribution is 5.91. The van der Waals surface area contributed by atoms with Crippen molar-refractivity contribution >= 4 is 18.3 Å². The van der Waals surface area contributed by atoms with Crippen molar-refractivity contribution in [3.8, 4) is 0 Å². The number of rotatable bonds is 6. The number of carbonyl (C=O) groups excluding carboxylic acids is 1. The molecule has 1 aliphatic carbocycles. The predicted molar refractivity (Wildman–Crippen MR) is 69.7 cm³/mol.